The fraction of sp³-hybridized carbons (Fsp3) is 0.200. The Bertz CT molecular complexity index is 860. The van der Waals surface area contributed by atoms with E-state index in [9.17, 15) is 4.39 Å². The molecule has 0 amide bonds. The van der Waals surface area contributed by atoms with E-state index in [0.29, 0.717) is 18.7 Å². The molecule has 0 bridgehead atoms. The molecule has 4 nitrogen and oxygen atoms in total. The van der Waals surface area contributed by atoms with E-state index in [-0.39, 0.29) is 5.82 Å². The highest BCUT2D eigenvalue weighted by molar-refractivity contribution is 7.98. The molecule has 26 heavy (non-hydrogen) atoms. The van der Waals surface area contributed by atoms with Crippen LogP contribution in [0.3, 0.4) is 0 Å². The lowest BCUT2D eigenvalue weighted by Crippen LogP contribution is -2.05. The van der Waals surface area contributed by atoms with Crippen LogP contribution in [-0.2, 0) is 18.7 Å². The summed E-state index contributed by atoms with van der Waals surface area (Å²) in [5.41, 5.74) is 2.18. The third kappa shape index (κ3) is 4.52. The second kappa shape index (κ2) is 8.67. The fourth-order valence-electron chi connectivity index (χ4n) is 2.52. The first kappa shape index (κ1) is 18.2. The highest BCUT2D eigenvalue weighted by atomic mass is 32.2. The normalized spacial score (nSPS) is 10.7. The third-order valence-electron chi connectivity index (χ3n) is 3.91. The minimum Gasteiger partial charge on any atom is -0.497 e. The van der Waals surface area contributed by atoms with Gasteiger partial charge in [0.05, 0.1) is 7.11 Å². The van der Waals surface area contributed by atoms with Crippen LogP contribution in [0.15, 0.2) is 66.3 Å². The molecule has 1 aromatic heterocycles. The number of rotatable bonds is 8. The highest BCUT2D eigenvalue weighted by Gasteiger charge is 2.12. The first-order valence-corrected chi connectivity index (χ1v) is 9.21. The van der Waals surface area contributed by atoms with Gasteiger partial charge in [-0.3, -0.25) is 0 Å². The molecule has 1 heterocycles. The van der Waals surface area contributed by atoms with Crippen LogP contribution in [0, 0.1) is 5.82 Å². The Kier molecular flexibility index (Phi) is 6.07. The van der Waals surface area contributed by atoms with Crippen LogP contribution in [0.1, 0.15) is 17.0 Å². The van der Waals surface area contributed by atoms with Crippen LogP contribution in [0.2, 0.25) is 0 Å². The number of benzene rings is 2. The minimum atomic E-state index is -0.227. The van der Waals surface area contributed by atoms with Crippen LogP contribution in [0.25, 0.3) is 0 Å². The van der Waals surface area contributed by atoms with Crippen LogP contribution in [-0.4, -0.2) is 21.9 Å². The third-order valence-corrected chi connectivity index (χ3v) is 4.95. The van der Waals surface area contributed by atoms with Gasteiger partial charge in [-0.05, 0) is 35.4 Å². The Morgan fingerprint density at radius 1 is 1.08 bits per heavy atom. The molecule has 6 heteroatoms. The van der Waals surface area contributed by atoms with Gasteiger partial charge in [0.2, 0.25) is 0 Å². The molecular formula is C20H20FN3OS. The molecule has 0 saturated heterocycles. The van der Waals surface area contributed by atoms with E-state index in [4.69, 9.17) is 4.74 Å². The molecule has 0 aliphatic rings. The van der Waals surface area contributed by atoms with E-state index < -0.39 is 0 Å². The maximum Gasteiger partial charge on any atom is 0.191 e. The van der Waals surface area contributed by atoms with Gasteiger partial charge in [0.25, 0.3) is 0 Å². The Morgan fingerprint density at radius 3 is 2.42 bits per heavy atom. The van der Waals surface area contributed by atoms with Crippen LogP contribution >= 0.6 is 11.8 Å². The van der Waals surface area contributed by atoms with Crippen molar-refractivity contribution in [3.05, 3.63) is 84.0 Å². The van der Waals surface area contributed by atoms with E-state index in [1.54, 1.807) is 31.0 Å². The number of nitrogens with zero attached hydrogens (tertiary/aromatic N) is 3. The Morgan fingerprint density at radius 2 is 1.77 bits per heavy atom. The number of halogens is 1. The zero-order valence-electron chi connectivity index (χ0n) is 14.6. The van der Waals surface area contributed by atoms with E-state index in [0.717, 1.165) is 27.9 Å². The van der Waals surface area contributed by atoms with E-state index in [2.05, 4.69) is 21.3 Å². The van der Waals surface area contributed by atoms with Crippen molar-refractivity contribution in [1.29, 1.82) is 0 Å². The maximum atomic E-state index is 13.0. The number of aromatic nitrogens is 3. The van der Waals surface area contributed by atoms with Gasteiger partial charge < -0.3 is 9.30 Å². The van der Waals surface area contributed by atoms with Gasteiger partial charge in [0.1, 0.15) is 17.4 Å². The van der Waals surface area contributed by atoms with Crippen LogP contribution in [0.4, 0.5) is 4.39 Å². The smallest absolute Gasteiger partial charge is 0.191 e. The number of methoxy groups -OCH3 is 1. The molecule has 0 fully saturated rings. The topological polar surface area (TPSA) is 39.9 Å². The monoisotopic (exact) mass is 369 g/mol. The van der Waals surface area contributed by atoms with Crippen molar-refractivity contribution < 1.29 is 9.13 Å². The van der Waals surface area contributed by atoms with Gasteiger partial charge in [-0.2, -0.15) is 0 Å². The molecule has 0 atom stereocenters. The van der Waals surface area contributed by atoms with Gasteiger partial charge in [0.15, 0.2) is 5.16 Å². The van der Waals surface area contributed by atoms with Gasteiger partial charge in [-0.1, -0.05) is 42.1 Å². The van der Waals surface area contributed by atoms with Crippen molar-refractivity contribution in [2.75, 3.05) is 7.11 Å². The van der Waals surface area contributed by atoms with Gasteiger partial charge >= 0.3 is 0 Å². The van der Waals surface area contributed by atoms with Crippen LogP contribution in [0.5, 0.6) is 5.75 Å². The molecule has 3 aromatic rings. The highest BCUT2D eigenvalue weighted by Crippen LogP contribution is 2.23. The Hall–Kier alpha value is -2.60. The van der Waals surface area contributed by atoms with Crippen molar-refractivity contribution in [1.82, 2.24) is 14.8 Å². The van der Waals surface area contributed by atoms with Crippen molar-refractivity contribution in [3.8, 4) is 5.75 Å². The summed E-state index contributed by atoms with van der Waals surface area (Å²) in [6.45, 7) is 4.47. The second-order valence-electron chi connectivity index (χ2n) is 5.74. The van der Waals surface area contributed by atoms with Crippen molar-refractivity contribution in [3.63, 3.8) is 0 Å². The predicted octanol–water partition coefficient (Wildman–Crippen LogP) is 4.49. The number of hydrogen-bond acceptors (Lipinski definition) is 4. The number of allylic oxidation sites excluding steroid dienone is 1. The van der Waals surface area contributed by atoms with Gasteiger partial charge in [0, 0.05) is 18.7 Å². The second-order valence-corrected chi connectivity index (χ2v) is 6.68. The fourth-order valence-corrected chi connectivity index (χ4v) is 3.45. The molecule has 0 aliphatic carbocycles. The quantitative estimate of drug-likeness (QED) is 0.433. The summed E-state index contributed by atoms with van der Waals surface area (Å²) in [6, 6.07) is 14.4. The summed E-state index contributed by atoms with van der Waals surface area (Å²) >= 11 is 1.58. The summed E-state index contributed by atoms with van der Waals surface area (Å²) in [5.74, 6) is 2.20. The lowest BCUT2D eigenvalue weighted by molar-refractivity contribution is 0.414. The van der Waals surface area contributed by atoms with Crippen molar-refractivity contribution >= 4 is 11.8 Å². The summed E-state index contributed by atoms with van der Waals surface area (Å²) in [6.07, 6.45) is 2.52. The van der Waals surface area contributed by atoms with E-state index >= 15 is 0 Å². The van der Waals surface area contributed by atoms with E-state index in [1.807, 2.05) is 30.3 Å². The summed E-state index contributed by atoms with van der Waals surface area (Å²) in [7, 11) is 1.65. The average Bonchev–Trinajstić information content (AvgIpc) is 3.04. The summed E-state index contributed by atoms with van der Waals surface area (Å²) in [5, 5.41) is 9.51. The Balaban J connectivity index is 1.74. The van der Waals surface area contributed by atoms with Crippen molar-refractivity contribution in [2.45, 2.75) is 23.9 Å². The molecule has 0 unspecified atom stereocenters. The van der Waals surface area contributed by atoms with Crippen molar-refractivity contribution in [2.24, 2.45) is 0 Å². The minimum absolute atomic E-state index is 0.227. The first-order valence-electron chi connectivity index (χ1n) is 8.22. The molecule has 134 valence electrons. The number of hydrogen-bond donors (Lipinski definition) is 0. The molecule has 2 aromatic carbocycles. The molecule has 0 aliphatic heterocycles. The lowest BCUT2D eigenvalue weighted by atomic mass is 10.1. The zero-order valence-corrected chi connectivity index (χ0v) is 15.4. The van der Waals surface area contributed by atoms with E-state index in [1.165, 1.54) is 12.1 Å². The van der Waals surface area contributed by atoms with Gasteiger partial charge in [-0.15, -0.1) is 16.8 Å². The summed E-state index contributed by atoms with van der Waals surface area (Å²) in [4.78, 5) is 0. The maximum absolute atomic E-state index is 13.0. The molecule has 0 saturated carbocycles. The lowest BCUT2D eigenvalue weighted by Gasteiger charge is -2.08. The molecular weight excluding hydrogens is 349 g/mol. The largest absolute Gasteiger partial charge is 0.497 e. The molecule has 0 radical (unpaired) electrons. The SMILES string of the molecule is C=CCn1c(Cc2ccc(OC)cc2)nnc1SCc1ccc(F)cc1. The molecule has 3 rings (SSSR count). The number of thioether (sulfide) groups is 1. The standard InChI is InChI=1S/C20H20FN3OS/c1-3-12-24-19(13-15-6-10-18(25-2)11-7-15)22-23-20(24)26-14-16-4-8-17(21)9-5-16/h3-11H,1,12-14H2,2H3. The number of ether oxygens (including phenoxy) is 1. The molecule has 0 spiro atoms. The van der Waals surface area contributed by atoms with Crippen LogP contribution < -0.4 is 4.74 Å². The summed E-state index contributed by atoms with van der Waals surface area (Å²) < 4.78 is 20.3. The zero-order chi connectivity index (χ0) is 18.4. The average molecular weight is 369 g/mol. The van der Waals surface area contributed by atoms with Gasteiger partial charge in [-0.25, -0.2) is 4.39 Å². The Labute approximate surface area is 156 Å². The molecule has 0 N–H and O–H groups in total. The first-order chi connectivity index (χ1) is 12.7. The predicted molar refractivity (Wildman–Crippen MR) is 102 cm³/mol.